The molecule has 2 unspecified atom stereocenters. The van der Waals surface area contributed by atoms with Crippen LogP contribution < -0.4 is 20.9 Å². The molecule has 12 heteroatoms. The second kappa shape index (κ2) is 13.2. The van der Waals surface area contributed by atoms with E-state index in [4.69, 9.17) is 10.1 Å². The molecule has 7 rings (SSSR count). The number of aryl methyl sites for hydroxylation is 1. The summed E-state index contributed by atoms with van der Waals surface area (Å²) in [7, 11) is 1.74. The molecule has 0 saturated carbocycles. The van der Waals surface area contributed by atoms with Gasteiger partial charge in [-0.05, 0) is 60.9 Å². The summed E-state index contributed by atoms with van der Waals surface area (Å²) in [5.74, 6) is 0.968. The third-order valence-electron chi connectivity index (χ3n) is 8.77. The van der Waals surface area contributed by atoms with E-state index >= 15 is 0 Å². The van der Waals surface area contributed by atoms with Crippen LogP contribution in [0.1, 0.15) is 36.9 Å². The van der Waals surface area contributed by atoms with E-state index in [1.54, 1.807) is 28.9 Å². The smallest absolute Gasteiger partial charge is 0.324 e. The van der Waals surface area contributed by atoms with Gasteiger partial charge in [0.1, 0.15) is 18.0 Å². The van der Waals surface area contributed by atoms with Crippen molar-refractivity contribution in [3.05, 3.63) is 83.6 Å². The second-order valence-corrected chi connectivity index (χ2v) is 12.0. The molecular formula is C35H38N10O2. The Morgan fingerprint density at radius 3 is 2.77 bits per heavy atom. The van der Waals surface area contributed by atoms with E-state index in [1.165, 1.54) is 6.34 Å². The summed E-state index contributed by atoms with van der Waals surface area (Å²) < 4.78 is 1.78. The number of piperazine rings is 1. The van der Waals surface area contributed by atoms with Gasteiger partial charge in [-0.3, -0.25) is 10.1 Å². The van der Waals surface area contributed by atoms with Gasteiger partial charge in [-0.15, -0.1) is 0 Å². The molecular weight excluding hydrogens is 592 g/mol. The van der Waals surface area contributed by atoms with Crippen LogP contribution in [-0.2, 0) is 11.2 Å². The molecule has 1 saturated heterocycles. The van der Waals surface area contributed by atoms with Gasteiger partial charge in [0.25, 0.3) is 0 Å². The number of carbonyl (C=O) groups is 2. The molecule has 3 amide bonds. The number of aliphatic imine (C=N–C) groups is 2. The van der Waals surface area contributed by atoms with E-state index in [0.29, 0.717) is 11.5 Å². The van der Waals surface area contributed by atoms with Gasteiger partial charge >= 0.3 is 6.03 Å². The molecule has 3 N–H and O–H groups in total. The monoisotopic (exact) mass is 630 g/mol. The average Bonchev–Trinajstić information content (AvgIpc) is 3.51. The minimum absolute atomic E-state index is 0.0677. The van der Waals surface area contributed by atoms with E-state index in [2.05, 4.69) is 49.9 Å². The number of unbranched alkanes of at least 4 members (excludes halogenated alkanes) is 1. The first-order chi connectivity index (χ1) is 23.0. The van der Waals surface area contributed by atoms with E-state index in [1.807, 2.05) is 48.5 Å². The van der Waals surface area contributed by atoms with Crippen molar-refractivity contribution in [2.24, 2.45) is 9.98 Å². The number of benzene rings is 2. The van der Waals surface area contributed by atoms with E-state index in [0.717, 1.165) is 84.7 Å². The number of anilines is 3. The number of carbonyl (C=O) groups excluding carboxylic acids is 2. The molecule has 2 aromatic heterocycles. The minimum Gasteiger partial charge on any atom is -0.354 e. The number of hydrogen-bond acceptors (Lipinski definition) is 8. The number of amides is 3. The molecule has 3 aliphatic heterocycles. The van der Waals surface area contributed by atoms with Gasteiger partial charge in [0, 0.05) is 62.2 Å². The summed E-state index contributed by atoms with van der Waals surface area (Å²) in [6.45, 7) is 5.92. The third kappa shape index (κ3) is 6.36. The molecule has 0 radical (unpaired) electrons. The van der Waals surface area contributed by atoms with Crippen LogP contribution in [0.5, 0.6) is 0 Å². The van der Waals surface area contributed by atoms with Crippen molar-refractivity contribution in [3.63, 3.8) is 0 Å². The van der Waals surface area contributed by atoms with Gasteiger partial charge in [-0.1, -0.05) is 31.6 Å². The van der Waals surface area contributed by atoms with E-state index in [9.17, 15) is 9.59 Å². The van der Waals surface area contributed by atoms with Gasteiger partial charge < -0.3 is 20.4 Å². The van der Waals surface area contributed by atoms with Crippen molar-refractivity contribution in [3.8, 4) is 5.69 Å². The van der Waals surface area contributed by atoms with Crippen LogP contribution in [0.15, 0.2) is 82.3 Å². The van der Waals surface area contributed by atoms with E-state index in [-0.39, 0.29) is 12.1 Å². The van der Waals surface area contributed by atoms with Crippen LogP contribution >= 0.6 is 0 Å². The van der Waals surface area contributed by atoms with Crippen molar-refractivity contribution in [2.45, 2.75) is 38.3 Å². The standard InChI is InChI=1S/C35H38N10O2/c1-3-4-7-27-20-32(45(42-27)28-10-11-30-24(18-28)9-12-31(40-30)44-15-13-36-14-16-44)41-35(47)39-26-8-5-6-23(17-26)29-19-25-21-37-22-38-33(25)43(2)34(29)46/h5-6,8-12,17-22,29,33,36H,3-4,7,13-16H2,1-2H3,(H2,39,41,47). The maximum Gasteiger partial charge on any atom is 0.324 e. The molecule has 5 heterocycles. The van der Waals surface area contributed by atoms with Gasteiger partial charge in [-0.25, -0.2) is 24.4 Å². The summed E-state index contributed by atoms with van der Waals surface area (Å²) in [6.07, 6.45) is 7.59. The molecule has 3 aliphatic rings. The van der Waals surface area contributed by atoms with Crippen LogP contribution in [0, 0.1) is 0 Å². The van der Waals surface area contributed by atoms with Crippen molar-refractivity contribution in [2.75, 3.05) is 48.8 Å². The number of rotatable bonds is 8. The molecule has 2 aromatic carbocycles. The quantitative estimate of drug-likeness (QED) is 0.258. The van der Waals surface area contributed by atoms with Crippen LogP contribution in [-0.4, -0.2) is 83.5 Å². The number of nitrogens with one attached hydrogen (secondary N) is 3. The first-order valence-corrected chi connectivity index (χ1v) is 16.1. The van der Waals surface area contributed by atoms with Crippen molar-refractivity contribution in [1.82, 2.24) is 25.0 Å². The van der Waals surface area contributed by atoms with Crippen molar-refractivity contribution < 1.29 is 9.59 Å². The Bertz CT molecular complexity index is 1910. The van der Waals surface area contributed by atoms with Crippen LogP contribution in [0.4, 0.5) is 22.1 Å². The Hall–Kier alpha value is -5.36. The predicted molar refractivity (Wildman–Crippen MR) is 186 cm³/mol. The number of aromatic nitrogens is 3. The van der Waals surface area contributed by atoms with Crippen LogP contribution in [0.2, 0.25) is 0 Å². The zero-order valence-electron chi connectivity index (χ0n) is 26.6. The third-order valence-corrected chi connectivity index (χ3v) is 8.77. The molecule has 240 valence electrons. The first kappa shape index (κ1) is 30.3. The maximum absolute atomic E-state index is 13.4. The fourth-order valence-electron chi connectivity index (χ4n) is 6.26. The van der Waals surface area contributed by atoms with Gasteiger partial charge in [0.05, 0.1) is 22.8 Å². The lowest BCUT2D eigenvalue weighted by atomic mass is 9.90. The number of fused-ring (bicyclic) bond motifs is 2. The summed E-state index contributed by atoms with van der Waals surface area (Å²) in [4.78, 5) is 43.9. The number of likely N-dealkylation sites (N-methyl/N-ethyl adjacent to an activating group) is 1. The van der Waals surface area contributed by atoms with Crippen molar-refractivity contribution in [1.29, 1.82) is 0 Å². The average molecular weight is 631 g/mol. The van der Waals surface area contributed by atoms with Crippen molar-refractivity contribution >= 4 is 52.7 Å². The Morgan fingerprint density at radius 2 is 1.91 bits per heavy atom. The highest BCUT2D eigenvalue weighted by atomic mass is 16.2. The SMILES string of the molecule is CCCCc1cc(NC(=O)Nc2cccc(C3C=C4C=NC=NC4N(C)C3=O)c2)n(-c2ccc3nc(N4CCNCC4)ccc3c2)n1. The van der Waals surface area contributed by atoms with Gasteiger partial charge in [0.15, 0.2) is 6.17 Å². The fraction of sp³-hybridized carbons (Fsp3) is 0.314. The summed E-state index contributed by atoms with van der Waals surface area (Å²) in [6, 6.07) is 19.1. The molecule has 12 nitrogen and oxygen atoms in total. The Morgan fingerprint density at radius 1 is 1.04 bits per heavy atom. The highest BCUT2D eigenvalue weighted by molar-refractivity contribution is 6.00. The zero-order valence-corrected chi connectivity index (χ0v) is 26.6. The summed E-state index contributed by atoms with van der Waals surface area (Å²) >= 11 is 0. The predicted octanol–water partition coefficient (Wildman–Crippen LogP) is 4.74. The summed E-state index contributed by atoms with van der Waals surface area (Å²) in [5.41, 5.74) is 4.85. The topological polar surface area (TPSA) is 132 Å². The lowest BCUT2D eigenvalue weighted by Gasteiger charge is -2.34. The minimum atomic E-state index is -0.506. The van der Waals surface area contributed by atoms with Gasteiger partial charge in [-0.2, -0.15) is 5.10 Å². The molecule has 1 fully saturated rings. The molecule has 47 heavy (non-hydrogen) atoms. The highest BCUT2D eigenvalue weighted by Gasteiger charge is 2.34. The fourth-order valence-corrected chi connectivity index (χ4v) is 6.26. The number of urea groups is 1. The number of hydrogen-bond donors (Lipinski definition) is 3. The summed E-state index contributed by atoms with van der Waals surface area (Å²) in [5, 5.41) is 15.2. The Labute approximate surface area is 273 Å². The normalized spacial score (nSPS) is 19.1. The molecule has 2 atom stereocenters. The molecule has 0 bridgehead atoms. The zero-order chi connectivity index (χ0) is 32.3. The van der Waals surface area contributed by atoms with Crippen LogP contribution in [0.25, 0.3) is 16.6 Å². The van der Waals surface area contributed by atoms with Gasteiger partial charge in [0.2, 0.25) is 5.91 Å². The second-order valence-electron chi connectivity index (χ2n) is 12.0. The largest absolute Gasteiger partial charge is 0.354 e. The highest BCUT2D eigenvalue weighted by Crippen LogP contribution is 2.31. The number of pyridine rings is 1. The lowest BCUT2D eigenvalue weighted by Crippen LogP contribution is -2.44. The Balaban J connectivity index is 1.11. The lowest BCUT2D eigenvalue weighted by molar-refractivity contribution is -0.132. The maximum atomic E-state index is 13.4. The molecule has 4 aromatic rings. The Kier molecular flexibility index (Phi) is 8.49. The number of nitrogens with zero attached hydrogens (tertiary/aromatic N) is 7. The van der Waals surface area contributed by atoms with Crippen LogP contribution in [0.3, 0.4) is 0 Å². The van der Waals surface area contributed by atoms with E-state index < -0.39 is 11.9 Å². The molecule has 0 aliphatic carbocycles. The molecule has 0 spiro atoms. The first-order valence-electron chi connectivity index (χ1n) is 16.1.